The van der Waals surface area contributed by atoms with Crippen molar-refractivity contribution >= 4 is 0 Å². The van der Waals surface area contributed by atoms with Crippen LogP contribution in [0.2, 0.25) is 0 Å². The van der Waals surface area contributed by atoms with Crippen molar-refractivity contribution in [3.63, 3.8) is 0 Å². The minimum atomic E-state index is -0.944. The zero-order valence-electron chi connectivity index (χ0n) is 3.32. The number of hydrogen-bond donors (Lipinski definition) is 0. The molecule has 38 valence electrons. The van der Waals surface area contributed by atoms with Crippen molar-refractivity contribution in [2.75, 3.05) is 0 Å². The fraction of sp³-hybridized carbons (Fsp3) is 0. The predicted molar refractivity (Wildman–Crippen MR) is 18.6 cm³/mol. The van der Waals surface area contributed by atoms with Crippen LogP contribution in [-0.2, 0) is 0 Å². The Kier molecular flexibility index (Phi) is 0.817. The van der Waals surface area contributed by atoms with Gasteiger partial charge in [0.2, 0.25) is 0 Å². The first kappa shape index (κ1) is 4.30. The summed E-state index contributed by atoms with van der Waals surface area (Å²) in [5, 5.41) is 0. The molecule has 0 aliphatic heterocycles. The summed E-state index contributed by atoms with van der Waals surface area (Å²) in [5.74, 6) is -1.89. The normalized spacial score (nSPS) is 9.43. The summed E-state index contributed by atoms with van der Waals surface area (Å²) >= 11 is 0. The van der Waals surface area contributed by atoms with E-state index in [4.69, 9.17) is 0 Å². The quantitative estimate of drug-likeness (QED) is 0.486. The van der Waals surface area contributed by atoms with Crippen molar-refractivity contribution in [1.29, 1.82) is 0 Å². The zero-order valence-corrected chi connectivity index (χ0v) is 3.32. The molecule has 0 spiro atoms. The second kappa shape index (κ2) is 1.33. The van der Waals surface area contributed by atoms with Crippen LogP contribution in [0.15, 0.2) is 16.9 Å². The Labute approximate surface area is 38.6 Å². The van der Waals surface area contributed by atoms with Gasteiger partial charge in [-0.25, -0.2) is 8.78 Å². The Morgan fingerprint density at radius 3 is 1.71 bits per heavy atom. The number of hydrogen-bond acceptors (Lipinski definition) is 1. The van der Waals surface area contributed by atoms with Crippen molar-refractivity contribution in [3.8, 4) is 0 Å². The molecular weight excluding hydrogens is 102 g/mol. The molecule has 0 saturated carbocycles. The van der Waals surface area contributed by atoms with E-state index in [1.54, 1.807) is 0 Å². The zero-order chi connectivity index (χ0) is 5.28. The van der Waals surface area contributed by atoms with Gasteiger partial charge in [0, 0.05) is 0 Å². The van der Waals surface area contributed by atoms with Crippen LogP contribution in [-0.4, -0.2) is 0 Å². The maximum atomic E-state index is 11.6. The van der Waals surface area contributed by atoms with Crippen molar-refractivity contribution in [2.45, 2.75) is 0 Å². The van der Waals surface area contributed by atoms with E-state index in [0.717, 1.165) is 0 Å². The Morgan fingerprint density at radius 1 is 1.14 bits per heavy atom. The van der Waals surface area contributed by atoms with E-state index in [1.807, 2.05) is 0 Å². The van der Waals surface area contributed by atoms with Crippen LogP contribution < -0.4 is 0 Å². The van der Waals surface area contributed by atoms with Crippen molar-refractivity contribution in [3.05, 3.63) is 24.2 Å². The summed E-state index contributed by atoms with van der Waals surface area (Å²) < 4.78 is 27.3. The summed E-state index contributed by atoms with van der Waals surface area (Å²) in [6, 6.07) is 0. The smallest absolute Gasteiger partial charge is 0.196 e. The van der Waals surface area contributed by atoms with Crippen LogP contribution in [0.25, 0.3) is 0 Å². The van der Waals surface area contributed by atoms with E-state index < -0.39 is 11.6 Å². The molecule has 0 bridgehead atoms. The molecule has 7 heavy (non-hydrogen) atoms. The SMILES string of the molecule is Fc1cocc1F. The van der Waals surface area contributed by atoms with E-state index in [2.05, 4.69) is 4.42 Å². The van der Waals surface area contributed by atoms with E-state index in [-0.39, 0.29) is 0 Å². The average molecular weight is 104 g/mol. The maximum Gasteiger partial charge on any atom is 0.196 e. The van der Waals surface area contributed by atoms with Gasteiger partial charge in [0.25, 0.3) is 0 Å². The average Bonchev–Trinajstić information content (AvgIpc) is 1.91. The second-order valence-corrected chi connectivity index (χ2v) is 1.07. The van der Waals surface area contributed by atoms with Crippen LogP contribution in [0.1, 0.15) is 0 Å². The molecule has 1 rings (SSSR count). The molecule has 1 nitrogen and oxygen atoms in total. The fourth-order valence-electron chi connectivity index (χ4n) is 0.266. The monoisotopic (exact) mass is 104 g/mol. The lowest BCUT2D eigenvalue weighted by atomic mass is 10.6. The first-order chi connectivity index (χ1) is 3.30. The number of rotatable bonds is 0. The first-order valence-corrected chi connectivity index (χ1v) is 1.68. The third-order valence-corrected chi connectivity index (χ3v) is 0.571. The predicted octanol–water partition coefficient (Wildman–Crippen LogP) is 1.56. The minimum absolute atomic E-state index is 0.704. The second-order valence-electron chi connectivity index (χ2n) is 1.07. The molecule has 0 unspecified atom stereocenters. The van der Waals surface area contributed by atoms with Gasteiger partial charge < -0.3 is 4.42 Å². The molecule has 1 aromatic heterocycles. The molecule has 0 fully saturated rings. The van der Waals surface area contributed by atoms with Gasteiger partial charge in [0.15, 0.2) is 11.6 Å². The lowest BCUT2D eigenvalue weighted by Crippen LogP contribution is -1.66. The summed E-state index contributed by atoms with van der Waals surface area (Å²) in [6.45, 7) is 0. The van der Waals surface area contributed by atoms with Gasteiger partial charge in [0.05, 0.1) is 0 Å². The van der Waals surface area contributed by atoms with Gasteiger partial charge in [0.1, 0.15) is 12.5 Å². The molecule has 0 aliphatic rings. The van der Waals surface area contributed by atoms with Crippen molar-refractivity contribution in [2.24, 2.45) is 0 Å². The molecule has 1 heterocycles. The highest BCUT2D eigenvalue weighted by Crippen LogP contribution is 2.02. The molecule has 3 heteroatoms. The van der Waals surface area contributed by atoms with E-state index in [9.17, 15) is 8.78 Å². The molecule has 1 aromatic rings. The van der Waals surface area contributed by atoms with Gasteiger partial charge in [-0.3, -0.25) is 0 Å². The van der Waals surface area contributed by atoms with Crippen LogP contribution in [0.3, 0.4) is 0 Å². The third kappa shape index (κ3) is 0.607. The molecule has 0 radical (unpaired) electrons. The third-order valence-electron chi connectivity index (χ3n) is 0.571. The van der Waals surface area contributed by atoms with Gasteiger partial charge in [-0.2, -0.15) is 0 Å². The fourth-order valence-corrected chi connectivity index (χ4v) is 0.266. The summed E-state index contributed by atoms with van der Waals surface area (Å²) in [5.41, 5.74) is 0. The van der Waals surface area contributed by atoms with E-state index in [1.165, 1.54) is 0 Å². The summed E-state index contributed by atoms with van der Waals surface area (Å²) in [7, 11) is 0. The highest BCUT2D eigenvalue weighted by atomic mass is 19.2. The molecule has 0 aliphatic carbocycles. The largest absolute Gasteiger partial charge is 0.466 e. The first-order valence-electron chi connectivity index (χ1n) is 1.68. The van der Waals surface area contributed by atoms with Gasteiger partial charge in [-0.1, -0.05) is 0 Å². The number of halogens is 2. The van der Waals surface area contributed by atoms with Gasteiger partial charge in [-0.15, -0.1) is 0 Å². The van der Waals surface area contributed by atoms with E-state index >= 15 is 0 Å². The molecule has 0 N–H and O–H groups in total. The van der Waals surface area contributed by atoms with Gasteiger partial charge in [-0.05, 0) is 0 Å². The topological polar surface area (TPSA) is 13.1 Å². The molecule has 0 atom stereocenters. The lowest BCUT2D eigenvalue weighted by molar-refractivity contribution is 0.516. The van der Waals surface area contributed by atoms with Crippen LogP contribution >= 0.6 is 0 Å². The van der Waals surface area contributed by atoms with Crippen LogP contribution in [0.4, 0.5) is 8.78 Å². The van der Waals surface area contributed by atoms with Crippen molar-refractivity contribution < 1.29 is 13.2 Å². The number of furan rings is 1. The molecular formula is C4H2F2O. The van der Waals surface area contributed by atoms with Gasteiger partial charge >= 0.3 is 0 Å². The Hall–Kier alpha value is -0.860. The highest BCUT2D eigenvalue weighted by molar-refractivity contribution is 4.90. The highest BCUT2D eigenvalue weighted by Gasteiger charge is 1.98. The Balaban J connectivity index is 3.12. The lowest BCUT2D eigenvalue weighted by Gasteiger charge is -1.67. The molecule has 0 saturated heterocycles. The Morgan fingerprint density at radius 2 is 1.57 bits per heavy atom. The maximum absolute atomic E-state index is 11.6. The summed E-state index contributed by atoms with van der Waals surface area (Å²) in [6.07, 6.45) is 1.41. The Bertz CT molecular complexity index is 142. The van der Waals surface area contributed by atoms with Crippen LogP contribution in [0, 0.1) is 11.6 Å². The molecule has 0 aromatic carbocycles. The standard InChI is InChI=1S/C4H2F2O/c5-3-1-7-2-4(3)6/h1-2H. The minimum Gasteiger partial charge on any atom is -0.466 e. The van der Waals surface area contributed by atoms with Crippen molar-refractivity contribution in [1.82, 2.24) is 0 Å². The van der Waals surface area contributed by atoms with Crippen LogP contribution in [0.5, 0.6) is 0 Å². The molecule has 0 amide bonds. The van der Waals surface area contributed by atoms with E-state index in [0.29, 0.717) is 12.5 Å². The summed E-state index contributed by atoms with van der Waals surface area (Å²) in [4.78, 5) is 0.